The van der Waals surface area contributed by atoms with Crippen molar-refractivity contribution in [2.75, 3.05) is 52.3 Å². The van der Waals surface area contributed by atoms with Gasteiger partial charge in [0.1, 0.15) is 17.6 Å². The van der Waals surface area contributed by atoms with E-state index in [1.54, 1.807) is 18.3 Å². The second kappa shape index (κ2) is 9.67. The van der Waals surface area contributed by atoms with Gasteiger partial charge < -0.3 is 9.64 Å². The lowest BCUT2D eigenvalue weighted by molar-refractivity contribution is -0.890. The molecule has 29 heavy (non-hydrogen) atoms. The van der Waals surface area contributed by atoms with Crippen LogP contribution in [-0.2, 0) is 21.2 Å². The van der Waals surface area contributed by atoms with Gasteiger partial charge in [-0.1, -0.05) is 31.2 Å². The van der Waals surface area contributed by atoms with E-state index >= 15 is 0 Å². The van der Waals surface area contributed by atoms with E-state index in [1.807, 2.05) is 0 Å². The van der Waals surface area contributed by atoms with Crippen LogP contribution in [0.3, 0.4) is 0 Å². The highest BCUT2D eigenvalue weighted by Crippen LogP contribution is 2.17. The molecule has 3 N–H and O–H groups in total. The number of likely N-dealkylation sites (N-methyl/N-ethyl adjacent to an activating group) is 1. The minimum Gasteiger partial charge on any atom is -0.379 e. The maximum absolute atomic E-state index is 12.7. The third-order valence-electron chi connectivity index (χ3n) is 5.38. The van der Waals surface area contributed by atoms with Gasteiger partial charge in [0.05, 0.1) is 27.3 Å². The van der Waals surface area contributed by atoms with Gasteiger partial charge in [-0.05, 0) is 18.1 Å². The van der Waals surface area contributed by atoms with Crippen LogP contribution in [0.4, 0.5) is 5.82 Å². The van der Waals surface area contributed by atoms with Gasteiger partial charge in [0, 0.05) is 24.7 Å². The molecule has 1 atom stereocenters. The molecular formula is C21H32N4O3S+2. The molecule has 0 unspecified atom stereocenters. The fraction of sp³-hybridized carbons (Fsp3) is 0.476. The van der Waals surface area contributed by atoms with E-state index in [0.717, 1.165) is 18.8 Å². The summed E-state index contributed by atoms with van der Waals surface area (Å²) < 4.78 is 32.2. The number of sulfonamides is 1. The molecule has 0 saturated carbocycles. The predicted octanol–water partition coefficient (Wildman–Crippen LogP) is 0.382. The second-order valence-corrected chi connectivity index (χ2v) is 9.50. The van der Waals surface area contributed by atoms with Crippen LogP contribution >= 0.6 is 0 Å². The smallest absolute Gasteiger partial charge is 0.272 e. The highest BCUT2D eigenvalue weighted by atomic mass is 32.2. The Kier molecular flexibility index (Phi) is 7.23. The average molecular weight is 421 g/mol. The van der Waals surface area contributed by atoms with Gasteiger partial charge in [-0.15, -0.1) is 0 Å². The molecule has 0 radical (unpaired) electrons. The first-order valence-corrected chi connectivity index (χ1v) is 11.6. The van der Waals surface area contributed by atoms with E-state index in [1.165, 1.54) is 20.3 Å². The third-order valence-corrected chi connectivity index (χ3v) is 7.27. The Morgan fingerprint density at radius 1 is 1.14 bits per heavy atom. The molecule has 1 aliphatic heterocycles. The van der Waals surface area contributed by atoms with Crippen LogP contribution in [-0.4, -0.2) is 59.7 Å². The number of pyridine rings is 1. The molecule has 1 saturated heterocycles. The molecule has 3 rings (SSSR count). The zero-order valence-electron chi connectivity index (χ0n) is 17.4. The summed E-state index contributed by atoms with van der Waals surface area (Å²) in [7, 11) is 0.798. The van der Waals surface area contributed by atoms with Crippen molar-refractivity contribution >= 4 is 15.8 Å². The molecule has 2 heterocycles. The number of rotatable bonds is 8. The minimum atomic E-state index is -3.48. The number of aromatic nitrogens is 1. The van der Waals surface area contributed by atoms with Crippen LogP contribution in [0.25, 0.3) is 0 Å². The molecule has 8 heteroatoms. The fourth-order valence-electron chi connectivity index (χ4n) is 3.47. The molecule has 0 amide bonds. The molecule has 1 aromatic heterocycles. The van der Waals surface area contributed by atoms with Crippen LogP contribution in [0.5, 0.6) is 0 Å². The molecule has 7 nitrogen and oxygen atoms in total. The van der Waals surface area contributed by atoms with Crippen molar-refractivity contribution in [3.8, 4) is 0 Å². The van der Waals surface area contributed by atoms with Gasteiger partial charge in [0.2, 0.25) is 10.0 Å². The van der Waals surface area contributed by atoms with E-state index in [-0.39, 0.29) is 10.9 Å². The summed E-state index contributed by atoms with van der Waals surface area (Å²) in [5, 5.41) is 3.41. The van der Waals surface area contributed by atoms with E-state index in [4.69, 9.17) is 4.74 Å². The number of nitrogens with one attached hydrogen (secondary N) is 3. The Morgan fingerprint density at radius 2 is 1.83 bits per heavy atom. The normalized spacial score (nSPS) is 16.7. The Morgan fingerprint density at radius 3 is 2.38 bits per heavy atom. The average Bonchev–Trinajstić information content (AvgIpc) is 2.75. The van der Waals surface area contributed by atoms with Crippen molar-refractivity contribution in [2.24, 2.45) is 0 Å². The summed E-state index contributed by atoms with van der Waals surface area (Å²) in [5.41, 5.74) is 2.61. The standard InChI is InChI=1S/C21H30N4O3S/c1-4-17-5-7-18(8-6-17)20(24(2)3)16-23-21-10-9-19(15-22-21)29(26,27)25-11-13-28-14-12-25/h5-10,15,20H,4,11-14,16H2,1-3H3,(H,22,23)/p+2/t20-/m0/s1. The summed E-state index contributed by atoms with van der Waals surface area (Å²) in [5.74, 6) is 0.794. The molecule has 0 aliphatic carbocycles. The van der Waals surface area contributed by atoms with E-state index in [2.05, 4.69) is 55.6 Å². The maximum Gasteiger partial charge on any atom is 0.272 e. The lowest BCUT2D eigenvalue weighted by Gasteiger charge is -2.25. The number of H-pyrrole nitrogens is 1. The van der Waals surface area contributed by atoms with Gasteiger partial charge in [-0.25, -0.2) is 13.4 Å². The number of nitrogens with zero attached hydrogens (tertiary/aromatic N) is 1. The zero-order valence-corrected chi connectivity index (χ0v) is 18.3. The van der Waals surface area contributed by atoms with Gasteiger partial charge in [0.15, 0.2) is 6.04 Å². The summed E-state index contributed by atoms with van der Waals surface area (Å²) in [4.78, 5) is 4.69. The summed E-state index contributed by atoms with van der Waals surface area (Å²) in [6, 6.07) is 12.5. The monoisotopic (exact) mass is 420 g/mol. The molecular weight excluding hydrogens is 388 g/mol. The van der Waals surface area contributed by atoms with Crippen LogP contribution < -0.4 is 15.2 Å². The molecule has 0 spiro atoms. The highest BCUT2D eigenvalue weighted by Gasteiger charge is 2.27. The van der Waals surface area contributed by atoms with Crippen molar-refractivity contribution in [1.29, 1.82) is 0 Å². The Bertz CT molecular complexity index is 877. The fourth-order valence-corrected chi connectivity index (χ4v) is 4.85. The van der Waals surface area contributed by atoms with E-state index in [0.29, 0.717) is 26.3 Å². The van der Waals surface area contributed by atoms with Crippen molar-refractivity contribution in [1.82, 2.24) is 4.31 Å². The predicted molar refractivity (Wildman–Crippen MR) is 112 cm³/mol. The summed E-state index contributed by atoms with van der Waals surface area (Å²) in [6.07, 6.45) is 2.59. The number of hydrogen-bond donors (Lipinski definition) is 2. The largest absolute Gasteiger partial charge is 0.379 e. The maximum atomic E-state index is 12.7. The third kappa shape index (κ3) is 5.33. The Hall–Kier alpha value is -2.00. The number of quaternary nitrogens is 1. The summed E-state index contributed by atoms with van der Waals surface area (Å²) in [6.45, 7) is 4.56. The first-order valence-electron chi connectivity index (χ1n) is 10.1. The molecule has 0 bridgehead atoms. The topological polar surface area (TPSA) is 77.2 Å². The molecule has 1 aromatic carbocycles. The van der Waals surface area contributed by atoms with Crippen molar-refractivity contribution in [3.63, 3.8) is 0 Å². The van der Waals surface area contributed by atoms with Crippen LogP contribution in [0.1, 0.15) is 24.1 Å². The van der Waals surface area contributed by atoms with E-state index < -0.39 is 10.0 Å². The Balaban J connectivity index is 1.66. The van der Waals surface area contributed by atoms with Crippen molar-refractivity contribution in [3.05, 3.63) is 53.7 Å². The number of morpholine rings is 1. The van der Waals surface area contributed by atoms with E-state index in [9.17, 15) is 8.42 Å². The molecule has 158 valence electrons. The lowest BCUT2D eigenvalue weighted by atomic mass is 10.0. The van der Waals surface area contributed by atoms with Gasteiger partial charge >= 0.3 is 0 Å². The van der Waals surface area contributed by atoms with Gasteiger partial charge in [-0.2, -0.15) is 4.31 Å². The van der Waals surface area contributed by atoms with Crippen LogP contribution in [0, 0.1) is 0 Å². The van der Waals surface area contributed by atoms with Crippen molar-refractivity contribution in [2.45, 2.75) is 24.3 Å². The first kappa shape index (κ1) is 21.7. The summed E-state index contributed by atoms with van der Waals surface area (Å²) >= 11 is 0. The first-order chi connectivity index (χ1) is 13.9. The van der Waals surface area contributed by atoms with Crippen LogP contribution in [0.2, 0.25) is 0 Å². The SMILES string of the molecule is CCc1ccc([C@H](CNc2ccc(S(=O)(=O)N3CCOCC3)c[nH+]2)[NH+](C)C)cc1. The lowest BCUT2D eigenvalue weighted by Crippen LogP contribution is -3.06. The second-order valence-electron chi connectivity index (χ2n) is 7.56. The minimum absolute atomic E-state index is 0.273. The zero-order chi connectivity index (χ0) is 20.9. The van der Waals surface area contributed by atoms with Gasteiger partial charge in [-0.3, -0.25) is 5.32 Å². The van der Waals surface area contributed by atoms with Gasteiger partial charge in [0.25, 0.3) is 5.82 Å². The molecule has 2 aromatic rings. The van der Waals surface area contributed by atoms with Crippen LogP contribution in [0.15, 0.2) is 47.5 Å². The molecule has 1 aliphatic rings. The number of anilines is 1. The number of aryl methyl sites for hydroxylation is 1. The van der Waals surface area contributed by atoms with Crippen molar-refractivity contribution < 1.29 is 23.0 Å². The number of ether oxygens (including phenoxy) is 1. The number of benzene rings is 1. The number of aromatic amines is 1. The highest BCUT2D eigenvalue weighted by molar-refractivity contribution is 7.89. The Labute approximate surface area is 173 Å². The molecule has 1 fully saturated rings. The quantitative estimate of drug-likeness (QED) is 0.647. The number of hydrogen-bond acceptors (Lipinski definition) is 4.